The van der Waals surface area contributed by atoms with E-state index in [4.69, 9.17) is 22.4 Å². The van der Waals surface area contributed by atoms with E-state index in [2.05, 4.69) is 0 Å². The fourth-order valence-corrected chi connectivity index (χ4v) is 1.15. The monoisotopic (exact) mass is 279 g/mol. The van der Waals surface area contributed by atoms with Crippen molar-refractivity contribution in [2.24, 2.45) is 5.73 Å². The van der Waals surface area contributed by atoms with Gasteiger partial charge in [0, 0.05) is 5.56 Å². The Kier molecular flexibility index (Phi) is 4.85. The van der Waals surface area contributed by atoms with Crippen molar-refractivity contribution in [1.29, 1.82) is 0 Å². The highest BCUT2D eigenvalue weighted by Crippen LogP contribution is 2.39. The fourth-order valence-electron chi connectivity index (χ4n) is 0.982. The van der Waals surface area contributed by atoms with Crippen LogP contribution in [0.1, 0.15) is 11.6 Å². The zero-order valence-electron chi connectivity index (χ0n) is 7.55. The maximum atomic E-state index is 12.7. The molecule has 0 amide bonds. The Hall–Kier alpha value is -0.720. The summed E-state index contributed by atoms with van der Waals surface area (Å²) >= 11 is 5.23. The number of phenolic OH excluding ortho intramolecular Hbond substituents is 1. The second-order valence-electron chi connectivity index (χ2n) is 2.82. The van der Waals surface area contributed by atoms with E-state index in [0.29, 0.717) is 6.07 Å². The van der Waals surface area contributed by atoms with Gasteiger partial charge in [-0.15, -0.1) is 12.4 Å². The minimum atomic E-state index is -4.72. The molecule has 2 nitrogen and oxygen atoms in total. The summed E-state index contributed by atoms with van der Waals surface area (Å²) in [7, 11) is 0. The number of halogens is 6. The number of nitrogens with two attached hydrogens (primary N) is 1. The smallest absolute Gasteiger partial charge is 0.407 e. The van der Waals surface area contributed by atoms with Crippen LogP contribution in [0.5, 0.6) is 5.75 Å². The summed E-state index contributed by atoms with van der Waals surface area (Å²) in [5, 5.41) is 8.39. The summed E-state index contributed by atoms with van der Waals surface area (Å²) in [4.78, 5) is 0. The Morgan fingerprint density at radius 1 is 1.31 bits per heavy atom. The molecule has 0 fully saturated rings. The fraction of sp³-hybridized carbons (Fsp3) is 0.250. The van der Waals surface area contributed by atoms with E-state index in [1.165, 1.54) is 0 Å². The van der Waals surface area contributed by atoms with E-state index < -0.39 is 34.4 Å². The third-order valence-electron chi connectivity index (χ3n) is 1.79. The molecule has 92 valence electrons. The number of alkyl halides is 3. The molecule has 0 radical (unpaired) electrons. The van der Waals surface area contributed by atoms with Crippen molar-refractivity contribution in [2.45, 2.75) is 12.2 Å². The van der Waals surface area contributed by atoms with Crippen LogP contribution in [-0.4, -0.2) is 11.3 Å². The maximum absolute atomic E-state index is 12.7. The lowest BCUT2D eigenvalue weighted by Crippen LogP contribution is -2.28. The van der Waals surface area contributed by atoms with Gasteiger partial charge in [-0.05, 0) is 6.07 Å². The molecule has 0 aliphatic carbocycles. The summed E-state index contributed by atoms with van der Waals surface area (Å²) in [5.74, 6) is -1.99. The topological polar surface area (TPSA) is 46.2 Å². The van der Waals surface area contributed by atoms with Crippen molar-refractivity contribution < 1.29 is 22.7 Å². The van der Waals surface area contributed by atoms with Crippen molar-refractivity contribution in [1.82, 2.24) is 0 Å². The molecule has 1 rings (SSSR count). The van der Waals surface area contributed by atoms with Crippen LogP contribution >= 0.6 is 24.0 Å². The molecule has 1 aromatic rings. The van der Waals surface area contributed by atoms with Crippen LogP contribution in [0.15, 0.2) is 12.1 Å². The summed E-state index contributed by atoms with van der Waals surface area (Å²) < 4.78 is 49.2. The maximum Gasteiger partial charge on any atom is 0.407 e. The first-order chi connectivity index (χ1) is 6.75. The summed E-state index contributed by atoms with van der Waals surface area (Å²) in [6.07, 6.45) is -4.72. The molecule has 0 saturated carbocycles. The highest BCUT2D eigenvalue weighted by Gasteiger charge is 2.39. The zero-order chi connectivity index (χ0) is 11.8. The van der Waals surface area contributed by atoms with Crippen LogP contribution < -0.4 is 5.73 Å². The quantitative estimate of drug-likeness (QED) is 0.776. The second-order valence-corrected chi connectivity index (χ2v) is 3.20. The van der Waals surface area contributed by atoms with Crippen LogP contribution in [0.3, 0.4) is 0 Å². The van der Waals surface area contributed by atoms with Gasteiger partial charge in [-0.1, -0.05) is 17.7 Å². The number of hydrogen-bond donors (Lipinski definition) is 2. The third-order valence-corrected chi connectivity index (χ3v) is 2.15. The molecular weight excluding hydrogens is 273 g/mol. The molecule has 0 saturated heterocycles. The van der Waals surface area contributed by atoms with Gasteiger partial charge in [0.2, 0.25) is 0 Å². The van der Waals surface area contributed by atoms with E-state index in [9.17, 15) is 17.6 Å². The van der Waals surface area contributed by atoms with E-state index in [0.717, 1.165) is 6.07 Å². The predicted octanol–water partition coefficient (Wildman–Crippen LogP) is 3.17. The average molecular weight is 280 g/mol. The van der Waals surface area contributed by atoms with Crippen molar-refractivity contribution in [3.8, 4) is 5.75 Å². The molecule has 1 aromatic carbocycles. The minimum absolute atomic E-state index is 0. The van der Waals surface area contributed by atoms with E-state index in [1.54, 1.807) is 0 Å². The lowest BCUT2D eigenvalue weighted by Gasteiger charge is -2.17. The van der Waals surface area contributed by atoms with Gasteiger partial charge in [0.05, 0.1) is 0 Å². The first-order valence-electron chi connectivity index (χ1n) is 3.74. The largest absolute Gasteiger partial charge is 0.506 e. The highest BCUT2D eigenvalue weighted by molar-refractivity contribution is 6.32. The molecule has 0 aliphatic rings. The van der Waals surface area contributed by atoms with Gasteiger partial charge in [-0.2, -0.15) is 13.2 Å². The molecule has 1 atom stereocenters. The van der Waals surface area contributed by atoms with Crippen LogP contribution in [-0.2, 0) is 0 Å². The van der Waals surface area contributed by atoms with Crippen molar-refractivity contribution in [3.05, 3.63) is 28.5 Å². The Balaban J connectivity index is 0.00000225. The number of rotatable bonds is 1. The molecule has 0 heterocycles. The average Bonchev–Trinajstić information content (AvgIpc) is 2.12. The number of phenols is 1. The Labute approximate surface area is 99.4 Å². The Morgan fingerprint density at radius 3 is 2.25 bits per heavy atom. The molecule has 0 aromatic heterocycles. The van der Waals surface area contributed by atoms with Crippen molar-refractivity contribution in [2.75, 3.05) is 0 Å². The van der Waals surface area contributed by atoms with Crippen molar-refractivity contribution in [3.63, 3.8) is 0 Å². The summed E-state index contributed by atoms with van der Waals surface area (Å²) in [6, 6.07) is -0.937. The van der Waals surface area contributed by atoms with Crippen LogP contribution in [0, 0.1) is 5.82 Å². The third kappa shape index (κ3) is 2.90. The Bertz CT molecular complexity index is 383. The molecule has 0 spiro atoms. The van der Waals surface area contributed by atoms with Gasteiger partial charge >= 0.3 is 6.18 Å². The van der Waals surface area contributed by atoms with Gasteiger partial charge < -0.3 is 10.8 Å². The van der Waals surface area contributed by atoms with Crippen LogP contribution in [0.2, 0.25) is 5.02 Å². The lowest BCUT2D eigenvalue weighted by molar-refractivity contribution is -0.149. The molecule has 0 aliphatic heterocycles. The van der Waals surface area contributed by atoms with E-state index in [-0.39, 0.29) is 12.4 Å². The van der Waals surface area contributed by atoms with Gasteiger partial charge in [0.25, 0.3) is 0 Å². The molecule has 16 heavy (non-hydrogen) atoms. The molecule has 8 heteroatoms. The van der Waals surface area contributed by atoms with Crippen LogP contribution in [0.25, 0.3) is 0 Å². The van der Waals surface area contributed by atoms with Crippen LogP contribution in [0.4, 0.5) is 17.6 Å². The summed E-state index contributed by atoms with van der Waals surface area (Å²) in [5.41, 5.74) is 4.17. The van der Waals surface area contributed by atoms with Gasteiger partial charge in [-0.25, -0.2) is 4.39 Å². The van der Waals surface area contributed by atoms with Gasteiger partial charge in [0.1, 0.15) is 22.6 Å². The lowest BCUT2D eigenvalue weighted by atomic mass is 10.1. The molecule has 0 bridgehead atoms. The van der Waals surface area contributed by atoms with Crippen molar-refractivity contribution >= 4 is 24.0 Å². The van der Waals surface area contributed by atoms with Gasteiger partial charge in [-0.3, -0.25) is 0 Å². The molecular formula is C8H7Cl2F4NO. The molecule has 0 unspecified atom stereocenters. The second kappa shape index (κ2) is 5.07. The number of aromatic hydroxyl groups is 1. The first kappa shape index (κ1) is 15.3. The first-order valence-corrected chi connectivity index (χ1v) is 4.12. The SMILES string of the molecule is Cl.N[C@@H](c1ccc(F)c(Cl)c1O)C(F)(F)F. The summed E-state index contributed by atoms with van der Waals surface area (Å²) in [6.45, 7) is 0. The standard InChI is InChI=1S/C8H6ClF4NO.ClH/c9-5-4(10)2-1-3(6(5)15)7(14)8(11,12)13;/h1-2,7,15H,14H2;1H/t7-;/m0./s1. The minimum Gasteiger partial charge on any atom is -0.506 e. The molecule has 3 N–H and O–H groups in total. The predicted molar refractivity (Wildman–Crippen MR) is 53.3 cm³/mol. The zero-order valence-corrected chi connectivity index (χ0v) is 9.13. The van der Waals surface area contributed by atoms with E-state index in [1.807, 2.05) is 0 Å². The Morgan fingerprint density at radius 2 is 1.81 bits per heavy atom. The van der Waals surface area contributed by atoms with Gasteiger partial charge in [0.15, 0.2) is 0 Å². The number of benzene rings is 1. The number of hydrogen-bond acceptors (Lipinski definition) is 2. The normalized spacial score (nSPS) is 13.1. The van der Waals surface area contributed by atoms with E-state index >= 15 is 0 Å². The highest BCUT2D eigenvalue weighted by atomic mass is 35.5.